The highest BCUT2D eigenvalue weighted by Gasteiger charge is 2.36. The average molecular weight is 269 g/mol. The van der Waals surface area contributed by atoms with Crippen LogP contribution in [0.5, 0.6) is 0 Å². The Balaban J connectivity index is 1.96. The number of nitrogens with two attached hydrogens (primary N) is 1. The molecule has 6 heteroatoms. The molecule has 2 saturated heterocycles. The molecule has 2 atom stereocenters. The number of likely N-dealkylation sites (tertiary alicyclic amines) is 2. The first-order chi connectivity index (χ1) is 9.10. The maximum atomic E-state index is 12.1. The zero-order valence-corrected chi connectivity index (χ0v) is 11.5. The van der Waals surface area contributed by atoms with Crippen LogP contribution in [-0.4, -0.2) is 67.0 Å². The second-order valence-electron chi connectivity index (χ2n) is 5.44. The molecule has 2 aliphatic heterocycles. The fourth-order valence-corrected chi connectivity index (χ4v) is 3.04. The number of ether oxygens (including phenoxy) is 1. The van der Waals surface area contributed by atoms with Crippen LogP contribution in [0.4, 0.5) is 0 Å². The van der Waals surface area contributed by atoms with Crippen LogP contribution in [0.2, 0.25) is 0 Å². The van der Waals surface area contributed by atoms with Crippen molar-refractivity contribution in [2.24, 2.45) is 5.73 Å². The van der Waals surface area contributed by atoms with Gasteiger partial charge in [-0.15, -0.1) is 0 Å². The molecular formula is C13H23N3O3. The number of rotatable bonds is 5. The number of carbonyl (C=O) groups excluding carboxylic acids is 2. The maximum Gasteiger partial charge on any atom is 0.232 e. The van der Waals surface area contributed by atoms with Crippen molar-refractivity contribution >= 4 is 11.8 Å². The number of primary amides is 1. The number of nitrogens with zero attached hydrogens (tertiary/aromatic N) is 2. The van der Waals surface area contributed by atoms with Crippen LogP contribution in [0, 0.1) is 0 Å². The minimum Gasteiger partial charge on any atom is -0.380 e. The van der Waals surface area contributed by atoms with Gasteiger partial charge in [-0.05, 0) is 32.4 Å². The van der Waals surface area contributed by atoms with E-state index in [2.05, 4.69) is 4.90 Å². The highest BCUT2D eigenvalue weighted by atomic mass is 16.5. The van der Waals surface area contributed by atoms with Crippen molar-refractivity contribution in [2.45, 2.75) is 37.8 Å². The van der Waals surface area contributed by atoms with E-state index < -0.39 is 5.91 Å². The van der Waals surface area contributed by atoms with Crippen LogP contribution < -0.4 is 5.73 Å². The molecule has 2 fully saturated rings. The quantitative estimate of drug-likeness (QED) is 0.687. The molecule has 6 nitrogen and oxygen atoms in total. The van der Waals surface area contributed by atoms with Gasteiger partial charge in [0.15, 0.2) is 0 Å². The average Bonchev–Trinajstić information content (AvgIpc) is 2.97. The van der Waals surface area contributed by atoms with E-state index in [1.54, 1.807) is 12.0 Å². The van der Waals surface area contributed by atoms with Crippen molar-refractivity contribution in [3.05, 3.63) is 0 Å². The fourth-order valence-electron chi connectivity index (χ4n) is 3.04. The Morgan fingerprint density at radius 1 is 1.32 bits per heavy atom. The lowest BCUT2D eigenvalue weighted by Gasteiger charge is -2.27. The summed E-state index contributed by atoms with van der Waals surface area (Å²) in [6, 6.07) is 0.148. The number of amides is 2. The molecule has 2 aliphatic rings. The molecule has 0 saturated carbocycles. The lowest BCUT2D eigenvalue weighted by molar-refractivity contribution is -0.136. The first-order valence-electron chi connectivity index (χ1n) is 6.93. The third kappa shape index (κ3) is 3.67. The second-order valence-corrected chi connectivity index (χ2v) is 5.44. The number of hydrogen-bond donors (Lipinski definition) is 1. The van der Waals surface area contributed by atoms with Crippen molar-refractivity contribution in [1.82, 2.24) is 9.80 Å². The topological polar surface area (TPSA) is 75.9 Å². The number of hydrogen-bond acceptors (Lipinski definition) is 4. The summed E-state index contributed by atoms with van der Waals surface area (Å²) in [5.74, 6) is -0.734. The number of methoxy groups -OCH3 is 1. The summed E-state index contributed by atoms with van der Waals surface area (Å²) in [6.07, 6.45) is 3.18. The van der Waals surface area contributed by atoms with Crippen LogP contribution in [0.3, 0.4) is 0 Å². The molecule has 0 radical (unpaired) electrons. The van der Waals surface area contributed by atoms with Crippen LogP contribution >= 0.6 is 0 Å². The van der Waals surface area contributed by atoms with E-state index in [0.29, 0.717) is 6.54 Å². The van der Waals surface area contributed by atoms with Crippen LogP contribution in [0.1, 0.15) is 25.7 Å². The van der Waals surface area contributed by atoms with Gasteiger partial charge in [0.25, 0.3) is 0 Å². The van der Waals surface area contributed by atoms with Crippen LogP contribution in [-0.2, 0) is 14.3 Å². The van der Waals surface area contributed by atoms with E-state index in [-0.39, 0.29) is 24.5 Å². The monoisotopic (exact) mass is 269 g/mol. The molecular weight excluding hydrogens is 246 g/mol. The molecule has 0 aromatic carbocycles. The molecule has 2 amide bonds. The maximum absolute atomic E-state index is 12.1. The minimum absolute atomic E-state index is 0.0735. The van der Waals surface area contributed by atoms with E-state index in [4.69, 9.17) is 10.5 Å². The summed E-state index contributed by atoms with van der Waals surface area (Å²) in [4.78, 5) is 27.1. The van der Waals surface area contributed by atoms with Gasteiger partial charge < -0.3 is 20.3 Å². The summed E-state index contributed by atoms with van der Waals surface area (Å²) in [5.41, 5.74) is 5.11. The molecule has 0 aromatic rings. The molecule has 0 aliphatic carbocycles. The van der Waals surface area contributed by atoms with Crippen LogP contribution in [0.25, 0.3) is 0 Å². The molecule has 0 unspecified atom stereocenters. The van der Waals surface area contributed by atoms with Crippen molar-refractivity contribution in [3.8, 4) is 0 Å². The van der Waals surface area contributed by atoms with E-state index >= 15 is 0 Å². The molecule has 19 heavy (non-hydrogen) atoms. The highest BCUT2D eigenvalue weighted by Crippen LogP contribution is 2.23. The third-order valence-electron chi connectivity index (χ3n) is 4.02. The fraction of sp³-hybridized carbons (Fsp3) is 0.846. The van der Waals surface area contributed by atoms with Gasteiger partial charge in [0.1, 0.15) is 6.42 Å². The van der Waals surface area contributed by atoms with Gasteiger partial charge in [-0.25, -0.2) is 0 Å². The summed E-state index contributed by atoms with van der Waals surface area (Å²) >= 11 is 0. The number of carbonyl (C=O) groups is 2. The lowest BCUT2D eigenvalue weighted by Crippen LogP contribution is -2.43. The van der Waals surface area contributed by atoms with E-state index in [1.165, 1.54) is 12.8 Å². The summed E-state index contributed by atoms with van der Waals surface area (Å²) in [5, 5.41) is 0. The molecule has 0 bridgehead atoms. The molecule has 108 valence electrons. The third-order valence-corrected chi connectivity index (χ3v) is 4.02. The molecule has 2 heterocycles. The van der Waals surface area contributed by atoms with E-state index in [1.807, 2.05) is 0 Å². The smallest absolute Gasteiger partial charge is 0.232 e. The normalized spacial score (nSPS) is 27.9. The summed E-state index contributed by atoms with van der Waals surface area (Å²) in [6.45, 7) is 3.66. The summed E-state index contributed by atoms with van der Waals surface area (Å²) < 4.78 is 5.36. The molecule has 0 spiro atoms. The Morgan fingerprint density at radius 3 is 2.58 bits per heavy atom. The Bertz CT molecular complexity index is 342. The Morgan fingerprint density at radius 2 is 2.00 bits per heavy atom. The second kappa shape index (κ2) is 6.34. The lowest BCUT2D eigenvalue weighted by atomic mass is 10.2. The van der Waals surface area contributed by atoms with Gasteiger partial charge in [-0.2, -0.15) is 0 Å². The zero-order valence-electron chi connectivity index (χ0n) is 11.5. The van der Waals surface area contributed by atoms with Gasteiger partial charge in [0, 0.05) is 26.2 Å². The first-order valence-corrected chi connectivity index (χ1v) is 6.93. The molecule has 0 aromatic heterocycles. The van der Waals surface area contributed by atoms with Crippen molar-refractivity contribution in [1.29, 1.82) is 0 Å². The van der Waals surface area contributed by atoms with Gasteiger partial charge in [0.2, 0.25) is 11.8 Å². The van der Waals surface area contributed by atoms with Gasteiger partial charge >= 0.3 is 0 Å². The van der Waals surface area contributed by atoms with Gasteiger partial charge in [-0.3, -0.25) is 9.59 Å². The van der Waals surface area contributed by atoms with Crippen LogP contribution in [0.15, 0.2) is 0 Å². The van der Waals surface area contributed by atoms with E-state index in [0.717, 1.165) is 26.1 Å². The summed E-state index contributed by atoms with van der Waals surface area (Å²) in [7, 11) is 1.67. The Labute approximate surface area is 113 Å². The molecule has 2 rings (SSSR count). The Kier molecular flexibility index (Phi) is 4.76. The van der Waals surface area contributed by atoms with Gasteiger partial charge in [-0.1, -0.05) is 0 Å². The largest absolute Gasteiger partial charge is 0.380 e. The van der Waals surface area contributed by atoms with Crippen molar-refractivity contribution in [3.63, 3.8) is 0 Å². The van der Waals surface area contributed by atoms with Gasteiger partial charge in [0.05, 0.1) is 6.10 Å². The highest BCUT2D eigenvalue weighted by molar-refractivity contribution is 5.96. The predicted molar refractivity (Wildman–Crippen MR) is 70.4 cm³/mol. The zero-order chi connectivity index (χ0) is 13.8. The predicted octanol–water partition coefficient (Wildman–Crippen LogP) is -0.426. The Hall–Kier alpha value is -1.14. The SMILES string of the molecule is CO[C@H]1C[C@@H](CN2CCCC2)N(C(=O)CC(N)=O)C1. The minimum atomic E-state index is -0.564. The standard InChI is InChI=1S/C13H23N3O3/c1-19-11-6-10(8-15-4-2-3-5-15)16(9-11)13(18)7-12(14)17/h10-11H,2-9H2,1H3,(H2,14,17)/t10-,11-/m0/s1. The van der Waals surface area contributed by atoms with Crippen molar-refractivity contribution in [2.75, 3.05) is 33.3 Å². The van der Waals surface area contributed by atoms with Crippen molar-refractivity contribution < 1.29 is 14.3 Å². The van der Waals surface area contributed by atoms with E-state index in [9.17, 15) is 9.59 Å². The molecule has 2 N–H and O–H groups in total. The first kappa shape index (κ1) is 14.3.